The van der Waals surface area contributed by atoms with Crippen LogP contribution in [0, 0.1) is 0 Å². The fourth-order valence-electron chi connectivity index (χ4n) is 1.90. The zero-order valence-electron chi connectivity index (χ0n) is 11.2. The molecule has 0 unspecified atom stereocenters. The number of rotatable bonds is 2. The van der Waals surface area contributed by atoms with E-state index in [-0.39, 0.29) is 11.2 Å². The topological polar surface area (TPSA) is 44.5 Å². The molecule has 0 amide bonds. The lowest BCUT2D eigenvalue weighted by atomic mass is 9.76. The summed E-state index contributed by atoms with van der Waals surface area (Å²) >= 11 is 5.07. The van der Waals surface area contributed by atoms with Gasteiger partial charge < -0.3 is 15.0 Å². The predicted molar refractivity (Wildman–Crippen MR) is 78.0 cm³/mol. The van der Waals surface area contributed by atoms with Crippen LogP contribution in [-0.4, -0.2) is 23.3 Å². The molecule has 0 aliphatic carbocycles. The van der Waals surface area contributed by atoms with Crippen LogP contribution >= 0.6 is 12.2 Å². The maximum atomic E-state index is 6.00. The number of thiocarbonyl (C=S) groups is 1. The van der Waals surface area contributed by atoms with Crippen LogP contribution in [0.3, 0.4) is 0 Å². The van der Waals surface area contributed by atoms with Crippen LogP contribution in [0.2, 0.25) is 0 Å². The van der Waals surface area contributed by atoms with Crippen LogP contribution in [0.1, 0.15) is 33.3 Å². The summed E-state index contributed by atoms with van der Waals surface area (Å²) in [5, 5.41) is 0. The second-order valence-corrected chi connectivity index (χ2v) is 5.98. The van der Waals surface area contributed by atoms with Crippen molar-refractivity contribution in [2.24, 2.45) is 5.73 Å². The van der Waals surface area contributed by atoms with Gasteiger partial charge in [0.25, 0.3) is 0 Å². The van der Waals surface area contributed by atoms with E-state index in [4.69, 9.17) is 27.3 Å². The molecule has 2 N–H and O–H groups in total. The molecule has 0 aromatic heterocycles. The predicted octanol–water partition coefficient (Wildman–Crippen LogP) is 1.62. The van der Waals surface area contributed by atoms with Gasteiger partial charge in [-0.3, -0.25) is 0 Å². The molecule has 1 aromatic carbocycles. The van der Waals surface area contributed by atoms with Crippen LogP contribution in [-0.2, 0) is 9.31 Å². The summed E-state index contributed by atoms with van der Waals surface area (Å²) in [5.74, 6) is 0. The highest BCUT2D eigenvalue weighted by Crippen LogP contribution is 2.36. The molecule has 1 aliphatic rings. The summed E-state index contributed by atoms with van der Waals surface area (Å²) in [6.45, 7) is 8.10. The van der Waals surface area contributed by atoms with Crippen molar-refractivity contribution in [2.75, 3.05) is 0 Å². The van der Waals surface area contributed by atoms with Gasteiger partial charge in [0.2, 0.25) is 0 Å². The van der Waals surface area contributed by atoms with Crippen LogP contribution in [0.25, 0.3) is 0 Å². The van der Waals surface area contributed by atoms with E-state index < -0.39 is 7.12 Å². The van der Waals surface area contributed by atoms with Crippen LogP contribution in [0.5, 0.6) is 0 Å². The second kappa shape index (κ2) is 4.33. The number of nitrogens with two attached hydrogens (primary N) is 1. The van der Waals surface area contributed by atoms with Crippen molar-refractivity contribution in [1.82, 2.24) is 0 Å². The second-order valence-electron chi connectivity index (χ2n) is 5.54. The lowest BCUT2D eigenvalue weighted by Crippen LogP contribution is -2.41. The first-order valence-electron chi connectivity index (χ1n) is 5.99. The van der Waals surface area contributed by atoms with Gasteiger partial charge in [0.15, 0.2) is 0 Å². The minimum atomic E-state index is -0.423. The zero-order chi connectivity index (χ0) is 13.6. The van der Waals surface area contributed by atoms with Gasteiger partial charge in [-0.1, -0.05) is 36.5 Å². The molecule has 1 heterocycles. The van der Waals surface area contributed by atoms with Gasteiger partial charge in [0.1, 0.15) is 4.99 Å². The van der Waals surface area contributed by atoms with Gasteiger partial charge in [-0.2, -0.15) is 0 Å². The molecule has 3 nitrogen and oxygen atoms in total. The Morgan fingerprint density at radius 3 is 2.11 bits per heavy atom. The Kier molecular flexibility index (Phi) is 3.26. The summed E-state index contributed by atoms with van der Waals surface area (Å²) < 4.78 is 12.0. The molecule has 1 aliphatic heterocycles. The van der Waals surface area contributed by atoms with Gasteiger partial charge in [-0.25, -0.2) is 0 Å². The van der Waals surface area contributed by atoms with Crippen LogP contribution in [0.4, 0.5) is 0 Å². The van der Waals surface area contributed by atoms with Crippen molar-refractivity contribution in [3.63, 3.8) is 0 Å². The molecule has 5 heteroatoms. The molecule has 0 atom stereocenters. The summed E-state index contributed by atoms with van der Waals surface area (Å²) in [6.07, 6.45) is 0. The molecule has 18 heavy (non-hydrogen) atoms. The van der Waals surface area contributed by atoms with E-state index >= 15 is 0 Å². The lowest BCUT2D eigenvalue weighted by molar-refractivity contribution is 0.00578. The highest BCUT2D eigenvalue weighted by Gasteiger charge is 2.52. The quantitative estimate of drug-likeness (QED) is 0.650. The molecule has 96 valence electrons. The Labute approximate surface area is 114 Å². The molecule has 1 aromatic rings. The minimum absolute atomic E-state index is 0.360. The van der Waals surface area contributed by atoms with Crippen molar-refractivity contribution < 1.29 is 9.31 Å². The molecule has 1 fully saturated rings. The van der Waals surface area contributed by atoms with Gasteiger partial charge in [-0.15, -0.1) is 0 Å². The molecule has 0 radical (unpaired) electrons. The molecule has 0 saturated carbocycles. The molecule has 0 spiro atoms. The van der Waals surface area contributed by atoms with E-state index in [1.807, 2.05) is 52.0 Å². The summed E-state index contributed by atoms with van der Waals surface area (Å²) in [4.78, 5) is 0.361. The van der Waals surface area contributed by atoms with Crippen molar-refractivity contribution in [3.8, 4) is 0 Å². The van der Waals surface area contributed by atoms with Crippen molar-refractivity contribution in [3.05, 3.63) is 29.8 Å². The van der Waals surface area contributed by atoms with E-state index in [1.54, 1.807) is 0 Å². The highest BCUT2D eigenvalue weighted by molar-refractivity contribution is 7.80. The van der Waals surface area contributed by atoms with Crippen molar-refractivity contribution in [1.29, 1.82) is 0 Å². The Balaban J connectivity index is 2.38. The van der Waals surface area contributed by atoms with Crippen LogP contribution < -0.4 is 11.2 Å². The average molecular weight is 263 g/mol. The van der Waals surface area contributed by atoms with Gasteiger partial charge in [0, 0.05) is 5.56 Å². The van der Waals surface area contributed by atoms with Gasteiger partial charge in [0.05, 0.1) is 11.2 Å². The smallest absolute Gasteiger partial charge is 0.399 e. The monoisotopic (exact) mass is 263 g/mol. The molecular formula is C13H18BNO2S. The molecular weight excluding hydrogens is 245 g/mol. The fraction of sp³-hybridized carbons (Fsp3) is 0.462. The fourth-order valence-corrected chi connectivity index (χ4v) is 2.08. The number of hydrogen-bond acceptors (Lipinski definition) is 3. The van der Waals surface area contributed by atoms with E-state index in [1.165, 1.54) is 0 Å². The van der Waals surface area contributed by atoms with Crippen LogP contribution in [0.15, 0.2) is 24.3 Å². The number of hydrogen-bond donors (Lipinski definition) is 1. The minimum Gasteiger partial charge on any atom is -0.399 e. The standard InChI is InChI=1S/C13H18BNO2S/c1-12(2)13(3,4)17-14(16-12)10-8-6-5-7-9(10)11(15)18/h5-8H,1-4H3,(H2,15,18). The number of benzene rings is 1. The largest absolute Gasteiger partial charge is 0.495 e. The third-order valence-corrected chi connectivity index (χ3v) is 3.95. The first-order chi connectivity index (χ1) is 8.24. The van der Waals surface area contributed by atoms with E-state index in [0.717, 1.165) is 11.0 Å². The molecule has 1 saturated heterocycles. The third kappa shape index (κ3) is 2.18. The normalized spacial score (nSPS) is 21.0. The van der Waals surface area contributed by atoms with Gasteiger partial charge >= 0.3 is 7.12 Å². The Morgan fingerprint density at radius 1 is 1.11 bits per heavy atom. The third-order valence-electron chi connectivity index (χ3n) is 3.73. The summed E-state index contributed by atoms with van der Waals surface area (Å²) in [7, 11) is -0.423. The first-order valence-corrected chi connectivity index (χ1v) is 6.40. The Hall–Kier alpha value is -0.905. The van der Waals surface area contributed by atoms with E-state index in [0.29, 0.717) is 4.99 Å². The summed E-state index contributed by atoms with van der Waals surface area (Å²) in [5.41, 5.74) is 6.72. The van der Waals surface area contributed by atoms with Crippen molar-refractivity contribution in [2.45, 2.75) is 38.9 Å². The van der Waals surface area contributed by atoms with Gasteiger partial charge in [-0.05, 0) is 33.2 Å². The molecule has 2 rings (SSSR count). The SMILES string of the molecule is CC1(C)OB(c2ccccc2C(N)=S)OC1(C)C. The molecule has 0 bridgehead atoms. The average Bonchev–Trinajstić information content (AvgIpc) is 2.48. The Morgan fingerprint density at radius 2 is 1.61 bits per heavy atom. The summed E-state index contributed by atoms with van der Waals surface area (Å²) in [6, 6.07) is 7.67. The van der Waals surface area contributed by atoms with Crippen molar-refractivity contribution >= 4 is 29.8 Å². The zero-order valence-corrected chi connectivity index (χ0v) is 12.0. The maximum absolute atomic E-state index is 6.00. The van der Waals surface area contributed by atoms with E-state index in [9.17, 15) is 0 Å². The first kappa shape index (κ1) is 13.5. The maximum Gasteiger partial charge on any atom is 0.495 e. The van der Waals surface area contributed by atoms with E-state index in [2.05, 4.69) is 0 Å². The Bertz CT molecular complexity index is 472. The lowest BCUT2D eigenvalue weighted by Gasteiger charge is -2.32. The highest BCUT2D eigenvalue weighted by atomic mass is 32.1.